The average Bonchev–Trinajstić information content (AvgIpc) is 2.23. The molecule has 0 aromatic carbocycles. The minimum atomic E-state index is -0.172. The summed E-state index contributed by atoms with van der Waals surface area (Å²) in [7, 11) is 0. The summed E-state index contributed by atoms with van der Waals surface area (Å²) in [6, 6.07) is 0. The van der Waals surface area contributed by atoms with Gasteiger partial charge in [-0.1, -0.05) is 44.6 Å². The number of hydrogen-bond acceptors (Lipinski definition) is 2. The van der Waals surface area contributed by atoms with E-state index in [9.17, 15) is 4.79 Å². The molecule has 0 rings (SSSR count). The van der Waals surface area contributed by atoms with Crippen molar-refractivity contribution in [2.24, 2.45) is 0 Å². The molecule has 0 N–H and O–H groups in total. The molecule has 0 aromatic heterocycles. The predicted octanol–water partition coefficient (Wildman–Crippen LogP) is 4.02. The van der Waals surface area contributed by atoms with Crippen molar-refractivity contribution in [1.82, 2.24) is 0 Å². The molecule has 0 aromatic rings. The maximum atomic E-state index is 10.9. The number of carbonyl (C=O) groups excluding carboxylic acids is 1. The Balaban J connectivity index is 3.84. The van der Waals surface area contributed by atoms with E-state index >= 15 is 0 Å². The monoisotopic (exact) mass is 224 g/mol. The molecule has 0 aliphatic heterocycles. The average molecular weight is 224 g/mol. The zero-order valence-electron chi connectivity index (χ0n) is 10.6. The first-order valence-corrected chi connectivity index (χ1v) is 6.15. The van der Waals surface area contributed by atoms with Crippen LogP contribution in [0, 0.1) is 0 Å². The molecule has 0 bridgehead atoms. The van der Waals surface area contributed by atoms with Crippen molar-refractivity contribution in [3.05, 3.63) is 24.8 Å². The Labute approximate surface area is 99.4 Å². The van der Waals surface area contributed by atoms with Crippen LogP contribution in [-0.2, 0) is 9.53 Å². The van der Waals surface area contributed by atoms with E-state index in [1.54, 1.807) is 6.08 Å². The molecule has 92 valence electrons. The molecule has 1 atom stereocenters. The van der Waals surface area contributed by atoms with Crippen LogP contribution < -0.4 is 0 Å². The van der Waals surface area contributed by atoms with Crippen molar-refractivity contribution in [1.29, 1.82) is 0 Å². The van der Waals surface area contributed by atoms with Gasteiger partial charge in [-0.15, -0.1) is 0 Å². The third-order valence-corrected chi connectivity index (χ3v) is 2.39. The van der Waals surface area contributed by atoms with Gasteiger partial charge in [0, 0.05) is 6.92 Å². The summed E-state index contributed by atoms with van der Waals surface area (Å²) >= 11 is 0. The van der Waals surface area contributed by atoms with Gasteiger partial charge in [0.25, 0.3) is 0 Å². The smallest absolute Gasteiger partial charge is 0.302 e. The highest BCUT2D eigenvalue weighted by Crippen LogP contribution is 2.13. The van der Waals surface area contributed by atoms with Crippen molar-refractivity contribution in [3.8, 4) is 0 Å². The molecule has 0 spiro atoms. The maximum Gasteiger partial charge on any atom is 0.302 e. The topological polar surface area (TPSA) is 26.3 Å². The van der Waals surface area contributed by atoms with Crippen molar-refractivity contribution in [3.63, 3.8) is 0 Å². The SMILES string of the molecule is C=C/C=C/CCC(CCCCC)OC(C)=O. The molecule has 0 heterocycles. The van der Waals surface area contributed by atoms with Gasteiger partial charge in [0.15, 0.2) is 0 Å². The lowest BCUT2D eigenvalue weighted by Crippen LogP contribution is -2.16. The molecule has 0 aliphatic carbocycles. The third kappa shape index (κ3) is 9.50. The predicted molar refractivity (Wildman–Crippen MR) is 68.3 cm³/mol. The molecule has 2 nitrogen and oxygen atoms in total. The number of rotatable bonds is 9. The summed E-state index contributed by atoms with van der Waals surface area (Å²) in [4.78, 5) is 10.9. The van der Waals surface area contributed by atoms with Gasteiger partial charge in [0.1, 0.15) is 6.10 Å². The molecule has 0 radical (unpaired) electrons. The molecular formula is C14H24O2. The summed E-state index contributed by atoms with van der Waals surface area (Å²) in [5, 5.41) is 0. The maximum absolute atomic E-state index is 10.9. The number of hydrogen-bond donors (Lipinski definition) is 0. The Morgan fingerprint density at radius 1 is 1.38 bits per heavy atom. The standard InChI is InChI=1S/C14H24O2/c1-4-6-8-10-12-14(16-13(3)15)11-9-7-5-2/h4,6,8,14H,1,5,7,9-12H2,2-3H3/b8-6+. The van der Waals surface area contributed by atoms with Crippen molar-refractivity contribution in [2.75, 3.05) is 0 Å². The summed E-state index contributed by atoms with van der Waals surface area (Å²) in [5.74, 6) is -0.172. The third-order valence-electron chi connectivity index (χ3n) is 2.39. The number of carbonyl (C=O) groups is 1. The normalized spacial score (nSPS) is 12.6. The van der Waals surface area contributed by atoms with Crippen LogP contribution in [0.2, 0.25) is 0 Å². The van der Waals surface area contributed by atoms with Gasteiger partial charge >= 0.3 is 5.97 Å². The first-order valence-electron chi connectivity index (χ1n) is 6.15. The van der Waals surface area contributed by atoms with E-state index in [2.05, 4.69) is 19.6 Å². The highest BCUT2D eigenvalue weighted by molar-refractivity contribution is 5.66. The van der Waals surface area contributed by atoms with Crippen LogP contribution in [0.1, 0.15) is 52.4 Å². The second-order valence-electron chi connectivity index (χ2n) is 3.97. The van der Waals surface area contributed by atoms with Gasteiger partial charge in [-0.2, -0.15) is 0 Å². The molecule has 16 heavy (non-hydrogen) atoms. The van der Waals surface area contributed by atoms with Gasteiger partial charge in [-0.25, -0.2) is 0 Å². The Morgan fingerprint density at radius 2 is 2.12 bits per heavy atom. The minimum absolute atomic E-state index is 0.0820. The zero-order valence-corrected chi connectivity index (χ0v) is 10.6. The largest absolute Gasteiger partial charge is 0.463 e. The fourth-order valence-corrected chi connectivity index (χ4v) is 1.59. The van der Waals surface area contributed by atoms with Crippen LogP contribution in [0.3, 0.4) is 0 Å². The van der Waals surface area contributed by atoms with Gasteiger partial charge in [0.2, 0.25) is 0 Å². The number of esters is 1. The van der Waals surface area contributed by atoms with E-state index in [-0.39, 0.29) is 12.1 Å². The van der Waals surface area contributed by atoms with Crippen LogP contribution in [-0.4, -0.2) is 12.1 Å². The number of ether oxygens (including phenoxy) is 1. The van der Waals surface area contributed by atoms with E-state index in [1.807, 2.05) is 6.08 Å². The molecule has 2 heteroatoms. The van der Waals surface area contributed by atoms with E-state index in [0.717, 1.165) is 25.7 Å². The lowest BCUT2D eigenvalue weighted by atomic mass is 10.1. The fraction of sp³-hybridized carbons (Fsp3) is 0.643. The highest BCUT2D eigenvalue weighted by Gasteiger charge is 2.10. The van der Waals surface area contributed by atoms with Crippen molar-refractivity contribution < 1.29 is 9.53 Å². The molecule has 0 fully saturated rings. The molecule has 0 saturated heterocycles. The van der Waals surface area contributed by atoms with Crippen LogP contribution in [0.25, 0.3) is 0 Å². The fourth-order valence-electron chi connectivity index (χ4n) is 1.59. The van der Waals surface area contributed by atoms with Gasteiger partial charge in [-0.05, 0) is 25.7 Å². The quantitative estimate of drug-likeness (QED) is 0.336. The first kappa shape index (κ1) is 14.9. The summed E-state index contributed by atoms with van der Waals surface area (Å²) < 4.78 is 5.28. The van der Waals surface area contributed by atoms with Crippen LogP contribution >= 0.6 is 0 Å². The molecule has 1 unspecified atom stereocenters. The van der Waals surface area contributed by atoms with Crippen molar-refractivity contribution >= 4 is 5.97 Å². The van der Waals surface area contributed by atoms with Gasteiger partial charge in [0.05, 0.1) is 0 Å². The molecule has 0 aliphatic rings. The minimum Gasteiger partial charge on any atom is -0.463 e. The molecular weight excluding hydrogens is 200 g/mol. The van der Waals surface area contributed by atoms with Crippen LogP contribution in [0.4, 0.5) is 0 Å². The van der Waals surface area contributed by atoms with Gasteiger partial charge in [-0.3, -0.25) is 4.79 Å². The Morgan fingerprint density at radius 3 is 2.69 bits per heavy atom. The zero-order chi connectivity index (χ0) is 12.2. The summed E-state index contributed by atoms with van der Waals surface area (Å²) in [6.07, 6.45) is 12.2. The van der Waals surface area contributed by atoms with E-state index in [0.29, 0.717) is 0 Å². The lowest BCUT2D eigenvalue weighted by molar-refractivity contribution is -0.146. The molecule has 0 amide bonds. The Hall–Kier alpha value is -1.05. The first-order chi connectivity index (χ1) is 7.70. The number of unbranched alkanes of at least 4 members (excludes halogenated alkanes) is 2. The van der Waals surface area contributed by atoms with Crippen LogP contribution in [0.5, 0.6) is 0 Å². The lowest BCUT2D eigenvalue weighted by Gasteiger charge is -2.15. The highest BCUT2D eigenvalue weighted by atomic mass is 16.5. The van der Waals surface area contributed by atoms with E-state index in [4.69, 9.17) is 4.74 Å². The van der Waals surface area contributed by atoms with E-state index in [1.165, 1.54) is 19.8 Å². The van der Waals surface area contributed by atoms with Crippen molar-refractivity contribution in [2.45, 2.75) is 58.5 Å². The van der Waals surface area contributed by atoms with Gasteiger partial charge < -0.3 is 4.74 Å². The summed E-state index contributed by atoms with van der Waals surface area (Å²) in [5.41, 5.74) is 0. The molecule has 0 saturated carbocycles. The Bertz CT molecular complexity index is 219. The second kappa shape index (κ2) is 10.5. The Kier molecular flexibility index (Phi) is 9.78. The summed E-state index contributed by atoms with van der Waals surface area (Å²) in [6.45, 7) is 7.27. The number of allylic oxidation sites excluding steroid dienone is 3. The van der Waals surface area contributed by atoms with Crippen LogP contribution in [0.15, 0.2) is 24.8 Å². The van der Waals surface area contributed by atoms with E-state index < -0.39 is 0 Å². The second-order valence-corrected chi connectivity index (χ2v) is 3.97.